The van der Waals surface area contributed by atoms with E-state index in [1.54, 1.807) is 19.3 Å². The Morgan fingerprint density at radius 1 is 1.17 bits per heavy atom. The van der Waals surface area contributed by atoms with E-state index in [9.17, 15) is 14.3 Å². The number of aromatic nitrogens is 1. The summed E-state index contributed by atoms with van der Waals surface area (Å²) in [6.45, 7) is 6.06. The van der Waals surface area contributed by atoms with E-state index in [2.05, 4.69) is 16.4 Å². The van der Waals surface area contributed by atoms with Crippen molar-refractivity contribution in [3.05, 3.63) is 77.6 Å². The highest BCUT2D eigenvalue weighted by molar-refractivity contribution is 6.07. The lowest BCUT2D eigenvalue weighted by molar-refractivity contribution is -0.137. The maximum Gasteiger partial charge on any atom is 0.325 e. The number of carbonyl (C=O) groups is 1. The minimum Gasteiger partial charge on any atom is -0.493 e. The van der Waals surface area contributed by atoms with E-state index < -0.39 is 17.8 Å². The maximum atomic E-state index is 14.2. The van der Waals surface area contributed by atoms with E-state index in [0.29, 0.717) is 34.5 Å². The fourth-order valence-corrected chi connectivity index (χ4v) is 4.23. The van der Waals surface area contributed by atoms with E-state index >= 15 is 0 Å². The Morgan fingerprint density at radius 3 is 2.64 bits per heavy atom. The van der Waals surface area contributed by atoms with E-state index in [4.69, 9.17) is 9.72 Å². The molecular weight excluding hydrogens is 457 g/mol. The summed E-state index contributed by atoms with van der Waals surface area (Å²) in [5.74, 6) is -0.646. The summed E-state index contributed by atoms with van der Waals surface area (Å²) < 4.78 is 20.0. The molecule has 36 heavy (non-hydrogen) atoms. The summed E-state index contributed by atoms with van der Waals surface area (Å²) in [6.07, 6.45) is 1.63. The molecule has 0 bridgehead atoms. The molecule has 1 heterocycles. The summed E-state index contributed by atoms with van der Waals surface area (Å²) in [7, 11) is 1.63. The number of aryl methyl sites for hydroxylation is 1. The number of hydrogen-bond acceptors (Lipinski definition) is 5. The van der Waals surface area contributed by atoms with Crippen LogP contribution in [0.5, 0.6) is 5.75 Å². The minimum absolute atomic E-state index is 0.434. The third-order valence-electron chi connectivity index (χ3n) is 5.95. The molecule has 0 saturated heterocycles. The molecule has 0 fully saturated rings. The van der Waals surface area contributed by atoms with Crippen LogP contribution in [0.25, 0.3) is 33.3 Å². The van der Waals surface area contributed by atoms with Gasteiger partial charge in [0.05, 0.1) is 23.5 Å². The number of carboxylic acid groups (broad SMARTS) is 1. The van der Waals surface area contributed by atoms with Crippen molar-refractivity contribution in [2.75, 3.05) is 19.0 Å². The van der Waals surface area contributed by atoms with Crippen LogP contribution in [0.3, 0.4) is 0 Å². The second-order valence-electron chi connectivity index (χ2n) is 8.46. The summed E-state index contributed by atoms with van der Waals surface area (Å²) in [4.78, 5) is 20.7. The van der Waals surface area contributed by atoms with Gasteiger partial charge in [-0.15, -0.1) is 0 Å². The maximum absolute atomic E-state index is 14.2. The summed E-state index contributed by atoms with van der Waals surface area (Å²) >= 11 is 0. The van der Waals surface area contributed by atoms with Gasteiger partial charge in [-0.2, -0.15) is 0 Å². The molecule has 0 radical (unpaired) electrons. The molecule has 0 aliphatic rings. The second-order valence-corrected chi connectivity index (χ2v) is 8.46. The van der Waals surface area contributed by atoms with Crippen molar-refractivity contribution in [1.82, 2.24) is 4.98 Å². The van der Waals surface area contributed by atoms with E-state index in [1.165, 1.54) is 19.1 Å². The van der Waals surface area contributed by atoms with Crippen molar-refractivity contribution in [1.29, 1.82) is 0 Å². The van der Waals surface area contributed by atoms with Gasteiger partial charge in [-0.3, -0.25) is 9.79 Å². The standard InChI is InChI=1S/C29H28FN3O3/c1-5-36-26-9-7-6-8-22(26)19-10-12-21(17(2)14-19)27-24(16-31-4)28(32-18(3)29(34)35)23-15-20(30)11-13-25(23)33-27/h6-16,18H,5H2,1-4H3,(H,32,33)(H,34,35)/t18-/m1/s1. The predicted molar refractivity (Wildman–Crippen MR) is 143 cm³/mol. The van der Waals surface area contributed by atoms with Gasteiger partial charge in [-0.05, 0) is 56.2 Å². The van der Waals surface area contributed by atoms with Gasteiger partial charge in [-0.25, -0.2) is 9.37 Å². The van der Waals surface area contributed by atoms with Crippen LogP contribution in [0, 0.1) is 12.7 Å². The van der Waals surface area contributed by atoms with Crippen LogP contribution in [0.4, 0.5) is 10.1 Å². The Kier molecular flexibility index (Phi) is 7.29. The molecule has 0 aliphatic carbocycles. The highest BCUT2D eigenvalue weighted by Crippen LogP contribution is 2.38. The number of fused-ring (bicyclic) bond motifs is 1. The molecule has 4 rings (SSSR count). The third kappa shape index (κ3) is 4.91. The molecule has 7 heteroatoms. The SMILES string of the molecule is CCOc1ccccc1-c1ccc(-c2nc3ccc(F)cc3c(N[C@H](C)C(=O)O)c2C=NC)c(C)c1. The van der Waals surface area contributed by atoms with Crippen molar-refractivity contribution >= 4 is 28.8 Å². The highest BCUT2D eigenvalue weighted by atomic mass is 19.1. The van der Waals surface area contributed by atoms with Gasteiger partial charge in [0.15, 0.2) is 0 Å². The smallest absolute Gasteiger partial charge is 0.325 e. The first-order chi connectivity index (χ1) is 17.3. The lowest BCUT2D eigenvalue weighted by Gasteiger charge is -2.20. The number of aliphatic imine (C=N–C) groups is 1. The first kappa shape index (κ1) is 24.9. The van der Waals surface area contributed by atoms with Gasteiger partial charge in [0.1, 0.15) is 17.6 Å². The highest BCUT2D eigenvalue weighted by Gasteiger charge is 2.21. The van der Waals surface area contributed by atoms with Crippen LogP contribution in [0.2, 0.25) is 0 Å². The second kappa shape index (κ2) is 10.6. The summed E-state index contributed by atoms with van der Waals surface area (Å²) in [5.41, 5.74) is 6.06. The van der Waals surface area contributed by atoms with E-state index in [1.807, 2.05) is 50.2 Å². The molecule has 0 saturated carbocycles. The first-order valence-electron chi connectivity index (χ1n) is 11.7. The van der Waals surface area contributed by atoms with Crippen LogP contribution in [-0.4, -0.2) is 42.0 Å². The number of pyridine rings is 1. The summed E-state index contributed by atoms with van der Waals surface area (Å²) in [5, 5.41) is 13.1. The largest absolute Gasteiger partial charge is 0.493 e. The van der Waals surface area contributed by atoms with Gasteiger partial charge < -0.3 is 15.2 Å². The van der Waals surface area contributed by atoms with Gasteiger partial charge in [0, 0.05) is 35.3 Å². The van der Waals surface area contributed by atoms with Gasteiger partial charge in [0.2, 0.25) is 0 Å². The number of para-hydroxylation sites is 1. The fraction of sp³-hybridized carbons (Fsp3) is 0.207. The lowest BCUT2D eigenvalue weighted by Crippen LogP contribution is -2.26. The number of rotatable bonds is 8. The Balaban J connectivity index is 1.94. The molecule has 0 amide bonds. The minimum atomic E-state index is -1.02. The zero-order valence-corrected chi connectivity index (χ0v) is 20.7. The average Bonchev–Trinajstić information content (AvgIpc) is 2.86. The third-order valence-corrected chi connectivity index (χ3v) is 5.95. The molecule has 0 aliphatic heterocycles. The number of halogens is 1. The fourth-order valence-electron chi connectivity index (χ4n) is 4.23. The van der Waals surface area contributed by atoms with Crippen LogP contribution >= 0.6 is 0 Å². The Morgan fingerprint density at radius 2 is 1.94 bits per heavy atom. The molecule has 0 unspecified atom stereocenters. The van der Waals surface area contributed by atoms with Crippen molar-refractivity contribution < 1.29 is 19.0 Å². The quantitative estimate of drug-likeness (QED) is 0.284. The number of aliphatic carboxylic acids is 1. The molecule has 4 aromatic rings. The number of nitrogens with one attached hydrogen (secondary N) is 1. The number of anilines is 1. The number of carboxylic acids is 1. The molecule has 1 aromatic heterocycles. The first-order valence-corrected chi connectivity index (χ1v) is 11.7. The molecular formula is C29H28FN3O3. The van der Waals surface area contributed by atoms with Crippen LogP contribution in [-0.2, 0) is 4.79 Å². The number of nitrogens with zero attached hydrogens (tertiary/aromatic N) is 2. The number of hydrogen-bond donors (Lipinski definition) is 2. The number of benzene rings is 3. The topological polar surface area (TPSA) is 83.8 Å². The van der Waals surface area contributed by atoms with Crippen molar-refractivity contribution in [3.63, 3.8) is 0 Å². The van der Waals surface area contributed by atoms with Crippen molar-refractivity contribution in [2.24, 2.45) is 4.99 Å². The van der Waals surface area contributed by atoms with Crippen molar-refractivity contribution in [2.45, 2.75) is 26.8 Å². The molecule has 3 aromatic carbocycles. The molecule has 0 spiro atoms. The van der Waals surface area contributed by atoms with Crippen molar-refractivity contribution in [3.8, 4) is 28.1 Å². The predicted octanol–water partition coefficient (Wildman–Crippen LogP) is 6.35. The number of ether oxygens (including phenoxy) is 1. The molecule has 1 atom stereocenters. The van der Waals surface area contributed by atoms with Gasteiger partial charge >= 0.3 is 5.97 Å². The Labute approximate surface area is 209 Å². The molecule has 2 N–H and O–H groups in total. The lowest BCUT2D eigenvalue weighted by atomic mass is 9.94. The van der Waals surface area contributed by atoms with E-state index in [0.717, 1.165) is 28.0 Å². The van der Waals surface area contributed by atoms with Crippen LogP contribution in [0.1, 0.15) is 25.0 Å². The molecule has 6 nitrogen and oxygen atoms in total. The van der Waals surface area contributed by atoms with E-state index in [-0.39, 0.29) is 0 Å². The Bertz CT molecular complexity index is 1470. The Hall–Kier alpha value is -4.26. The normalized spacial score (nSPS) is 12.1. The molecule has 184 valence electrons. The zero-order chi connectivity index (χ0) is 25.8. The van der Waals surface area contributed by atoms with Gasteiger partial charge in [-0.1, -0.05) is 36.4 Å². The van der Waals surface area contributed by atoms with Gasteiger partial charge in [0.25, 0.3) is 0 Å². The average molecular weight is 486 g/mol. The van der Waals surface area contributed by atoms with Crippen LogP contribution in [0.15, 0.2) is 65.7 Å². The summed E-state index contributed by atoms with van der Waals surface area (Å²) in [6, 6.07) is 17.4. The monoisotopic (exact) mass is 485 g/mol. The zero-order valence-electron chi connectivity index (χ0n) is 20.7. The van der Waals surface area contributed by atoms with Crippen LogP contribution < -0.4 is 10.1 Å².